The summed E-state index contributed by atoms with van der Waals surface area (Å²) >= 11 is 0. The third-order valence-corrected chi connectivity index (χ3v) is 4.04. The molecule has 3 heterocycles. The van der Waals surface area contributed by atoms with E-state index in [4.69, 9.17) is 5.84 Å². The number of halogens is 2. The van der Waals surface area contributed by atoms with E-state index in [0.29, 0.717) is 23.5 Å². The van der Waals surface area contributed by atoms with Crippen molar-refractivity contribution in [3.8, 4) is 0 Å². The summed E-state index contributed by atoms with van der Waals surface area (Å²) in [5, 5.41) is 7.29. The number of aromatic nitrogens is 2. The van der Waals surface area contributed by atoms with E-state index in [1.165, 1.54) is 16.0 Å². The van der Waals surface area contributed by atoms with Gasteiger partial charge in [-0.15, -0.1) is 0 Å². The topological polar surface area (TPSA) is 74.7 Å². The molecule has 1 aromatic heterocycles. The van der Waals surface area contributed by atoms with Crippen LogP contribution in [-0.2, 0) is 13.1 Å². The lowest BCUT2D eigenvalue weighted by atomic mass is 10.2. The Morgan fingerprint density at radius 2 is 2.00 bits per heavy atom. The zero-order valence-electron chi connectivity index (χ0n) is 13.8. The molecule has 0 radical (unpaired) electrons. The van der Waals surface area contributed by atoms with Crippen LogP contribution in [0.1, 0.15) is 11.1 Å². The Kier molecular flexibility index (Phi) is 4.13. The standard InChI is InChI=1S/C17H17F2N7/c18-15(19)10-25-8-13(6-22-25)16-17-14(9-24(20)11-21-17)26(23-16)7-12-4-2-1-3-5-12/h1-6,8-9,11,15,23H,7,10,20H2. The average molecular weight is 357 g/mol. The molecule has 4 rings (SSSR count). The summed E-state index contributed by atoms with van der Waals surface area (Å²) in [7, 11) is 0. The van der Waals surface area contributed by atoms with Crippen molar-refractivity contribution in [2.75, 3.05) is 0 Å². The van der Waals surface area contributed by atoms with Crippen molar-refractivity contribution in [3.63, 3.8) is 0 Å². The molecule has 0 saturated carbocycles. The predicted octanol–water partition coefficient (Wildman–Crippen LogP) is 1.90. The first-order chi connectivity index (χ1) is 12.6. The second-order valence-electron chi connectivity index (χ2n) is 5.96. The highest BCUT2D eigenvalue weighted by atomic mass is 19.3. The molecule has 2 aliphatic rings. The van der Waals surface area contributed by atoms with Crippen molar-refractivity contribution in [2.24, 2.45) is 10.8 Å². The monoisotopic (exact) mass is 357 g/mol. The summed E-state index contributed by atoms with van der Waals surface area (Å²) in [4.78, 5) is 4.39. The number of fused-ring (bicyclic) bond motifs is 1. The number of hydrogen-bond acceptors (Lipinski definition) is 6. The molecule has 0 aliphatic carbocycles. The van der Waals surface area contributed by atoms with E-state index < -0.39 is 13.0 Å². The van der Waals surface area contributed by atoms with Crippen LogP contribution < -0.4 is 11.3 Å². The Morgan fingerprint density at radius 3 is 2.77 bits per heavy atom. The lowest BCUT2D eigenvalue weighted by Crippen LogP contribution is -2.33. The first-order valence-electron chi connectivity index (χ1n) is 8.03. The van der Waals surface area contributed by atoms with Crippen LogP contribution in [0.4, 0.5) is 8.78 Å². The molecule has 0 amide bonds. The number of alkyl halides is 2. The summed E-state index contributed by atoms with van der Waals surface area (Å²) in [6, 6.07) is 9.94. The second-order valence-corrected chi connectivity index (χ2v) is 5.96. The van der Waals surface area contributed by atoms with Gasteiger partial charge in [0.05, 0.1) is 18.4 Å². The third-order valence-electron chi connectivity index (χ3n) is 4.04. The van der Waals surface area contributed by atoms with Gasteiger partial charge in [0, 0.05) is 18.0 Å². The Morgan fingerprint density at radius 1 is 1.19 bits per heavy atom. The second kappa shape index (κ2) is 6.60. The van der Waals surface area contributed by atoms with E-state index in [9.17, 15) is 8.78 Å². The highest BCUT2D eigenvalue weighted by molar-refractivity contribution is 5.77. The quantitative estimate of drug-likeness (QED) is 0.800. The zero-order valence-corrected chi connectivity index (χ0v) is 13.8. The van der Waals surface area contributed by atoms with E-state index in [1.807, 2.05) is 35.3 Å². The summed E-state index contributed by atoms with van der Waals surface area (Å²) in [6.07, 6.45) is 3.92. The molecule has 0 fully saturated rings. The number of nitrogens with two attached hydrogens (primary N) is 1. The number of nitrogens with one attached hydrogen (secondary N) is 1. The van der Waals surface area contributed by atoms with E-state index in [-0.39, 0.29) is 0 Å². The minimum atomic E-state index is -2.46. The van der Waals surface area contributed by atoms with Gasteiger partial charge in [-0.2, -0.15) is 5.10 Å². The van der Waals surface area contributed by atoms with Crippen molar-refractivity contribution < 1.29 is 8.78 Å². The fourth-order valence-corrected chi connectivity index (χ4v) is 2.89. The minimum absolute atomic E-state index is 0.446. The van der Waals surface area contributed by atoms with E-state index >= 15 is 0 Å². The Labute approximate surface area is 148 Å². The van der Waals surface area contributed by atoms with Gasteiger partial charge in [0.15, 0.2) is 0 Å². The summed E-state index contributed by atoms with van der Waals surface area (Å²) in [5.41, 5.74) is 7.28. The lowest BCUT2D eigenvalue weighted by molar-refractivity contribution is 0.122. The van der Waals surface area contributed by atoms with Gasteiger partial charge in [0.1, 0.15) is 24.3 Å². The van der Waals surface area contributed by atoms with Crippen LogP contribution in [-0.4, -0.2) is 32.6 Å². The number of benzene rings is 1. The van der Waals surface area contributed by atoms with Crippen molar-refractivity contribution in [2.45, 2.75) is 19.5 Å². The molecule has 26 heavy (non-hydrogen) atoms. The molecule has 9 heteroatoms. The highest BCUT2D eigenvalue weighted by Crippen LogP contribution is 2.33. The number of aliphatic imine (C=N–C) groups is 1. The lowest BCUT2D eigenvalue weighted by Gasteiger charge is -2.24. The van der Waals surface area contributed by atoms with Gasteiger partial charge < -0.3 is 0 Å². The first-order valence-corrected chi connectivity index (χ1v) is 8.03. The molecule has 134 valence electrons. The van der Waals surface area contributed by atoms with Gasteiger partial charge in [-0.3, -0.25) is 20.1 Å². The summed E-state index contributed by atoms with van der Waals surface area (Å²) < 4.78 is 26.4. The molecule has 1 aromatic carbocycles. The summed E-state index contributed by atoms with van der Waals surface area (Å²) in [5.74, 6) is 5.82. The third kappa shape index (κ3) is 3.16. The van der Waals surface area contributed by atoms with Crippen LogP contribution in [0.15, 0.2) is 65.3 Å². The van der Waals surface area contributed by atoms with Crippen molar-refractivity contribution >= 4 is 12.0 Å². The predicted molar refractivity (Wildman–Crippen MR) is 92.9 cm³/mol. The number of rotatable bonds is 5. The first kappa shape index (κ1) is 16.3. The Bertz CT molecular complexity index is 886. The van der Waals surface area contributed by atoms with Crippen molar-refractivity contribution in [1.29, 1.82) is 0 Å². The fourth-order valence-electron chi connectivity index (χ4n) is 2.89. The van der Waals surface area contributed by atoms with E-state index in [1.54, 1.807) is 18.6 Å². The molecule has 2 aromatic rings. The molecule has 0 saturated heterocycles. The van der Waals surface area contributed by atoms with Crippen LogP contribution >= 0.6 is 0 Å². The zero-order chi connectivity index (χ0) is 18.1. The molecule has 0 bridgehead atoms. The maximum atomic E-state index is 12.6. The van der Waals surface area contributed by atoms with Gasteiger partial charge in [-0.25, -0.2) is 19.6 Å². The molecule has 0 spiro atoms. The Hall–Kier alpha value is -3.20. The van der Waals surface area contributed by atoms with Crippen LogP contribution in [0.3, 0.4) is 0 Å². The fraction of sp³-hybridized carbons (Fsp3) is 0.176. The van der Waals surface area contributed by atoms with Crippen molar-refractivity contribution in [1.82, 2.24) is 25.2 Å². The maximum absolute atomic E-state index is 12.6. The minimum Gasteiger partial charge on any atom is -0.295 e. The smallest absolute Gasteiger partial charge is 0.257 e. The number of nitrogens with zero attached hydrogens (tertiary/aromatic N) is 5. The molecule has 3 N–H and O–H groups in total. The van der Waals surface area contributed by atoms with E-state index in [0.717, 1.165) is 11.3 Å². The Balaban J connectivity index is 1.64. The SMILES string of the molecule is NN1C=NC2=C(c3cnn(CC(F)F)c3)NN(Cc3ccccc3)C2=C1. The molecule has 2 aliphatic heterocycles. The maximum Gasteiger partial charge on any atom is 0.257 e. The number of hydrazine groups is 2. The van der Waals surface area contributed by atoms with Gasteiger partial charge in [0.2, 0.25) is 0 Å². The largest absolute Gasteiger partial charge is 0.295 e. The van der Waals surface area contributed by atoms with Crippen LogP contribution in [0.25, 0.3) is 5.70 Å². The van der Waals surface area contributed by atoms with E-state index in [2.05, 4.69) is 15.5 Å². The van der Waals surface area contributed by atoms with Crippen molar-refractivity contribution in [3.05, 3.63) is 71.4 Å². The molecular formula is C17H17F2N7. The van der Waals surface area contributed by atoms with Gasteiger partial charge in [0.25, 0.3) is 6.43 Å². The molecule has 0 unspecified atom stereocenters. The molecule has 0 atom stereocenters. The van der Waals surface area contributed by atoms with Crippen LogP contribution in [0.5, 0.6) is 0 Å². The summed E-state index contributed by atoms with van der Waals surface area (Å²) in [6.45, 7) is 0.146. The van der Waals surface area contributed by atoms with Crippen LogP contribution in [0, 0.1) is 0 Å². The average Bonchev–Trinajstić information content (AvgIpc) is 3.20. The van der Waals surface area contributed by atoms with Gasteiger partial charge >= 0.3 is 0 Å². The number of hydrogen-bond donors (Lipinski definition) is 2. The van der Waals surface area contributed by atoms with Crippen LogP contribution in [0.2, 0.25) is 0 Å². The highest BCUT2D eigenvalue weighted by Gasteiger charge is 2.30. The molecule has 7 nitrogen and oxygen atoms in total. The van der Waals surface area contributed by atoms with Gasteiger partial charge in [-0.05, 0) is 5.56 Å². The van der Waals surface area contributed by atoms with Gasteiger partial charge in [-0.1, -0.05) is 30.3 Å². The normalized spacial score (nSPS) is 16.2. The molecular weight excluding hydrogens is 340 g/mol.